The number of likely N-dealkylation sites (N-methyl/N-ethyl adjacent to an activating group) is 1. The molecule has 1 aliphatic heterocycles. The quantitative estimate of drug-likeness (QED) is 0.907. The Kier molecular flexibility index (Phi) is 4.40. The van der Waals surface area contributed by atoms with Crippen molar-refractivity contribution in [1.29, 1.82) is 0 Å². The molecule has 1 amide bonds. The predicted octanol–water partition coefficient (Wildman–Crippen LogP) is 2.28. The van der Waals surface area contributed by atoms with Gasteiger partial charge in [0.05, 0.1) is 5.54 Å². The second-order valence-electron chi connectivity index (χ2n) is 5.27. The normalized spacial score (nSPS) is 23.9. The molecule has 0 bridgehead atoms. The zero-order valence-corrected chi connectivity index (χ0v) is 12.1. The minimum Gasteiger partial charge on any atom is -0.344 e. The lowest BCUT2D eigenvalue weighted by molar-refractivity contribution is -0.137. The average molecular weight is 266 g/mol. The van der Waals surface area contributed by atoms with Crippen LogP contribution in [0, 0.1) is 0 Å². The lowest BCUT2D eigenvalue weighted by Gasteiger charge is -2.36. The summed E-state index contributed by atoms with van der Waals surface area (Å²) in [6.07, 6.45) is 4.24. The highest BCUT2D eigenvalue weighted by atomic mass is 32.1. The van der Waals surface area contributed by atoms with Gasteiger partial charge < -0.3 is 10.2 Å². The number of piperidine rings is 1. The molecule has 1 unspecified atom stereocenters. The van der Waals surface area contributed by atoms with Crippen LogP contribution in [-0.2, 0) is 11.2 Å². The van der Waals surface area contributed by atoms with Gasteiger partial charge in [-0.1, -0.05) is 6.07 Å². The zero-order chi connectivity index (χ0) is 13.0. The molecule has 0 aromatic carbocycles. The number of nitrogens with one attached hydrogen (secondary N) is 1. The minimum absolute atomic E-state index is 0.235. The highest BCUT2D eigenvalue weighted by molar-refractivity contribution is 7.09. The lowest BCUT2D eigenvalue weighted by Crippen LogP contribution is -2.57. The molecule has 1 atom stereocenters. The van der Waals surface area contributed by atoms with Gasteiger partial charge in [0.15, 0.2) is 0 Å². The van der Waals surface area contributed by atoms with E-state index >= 15 is 0 Å². The summed E-state index contributed by atoms with van der Waals surface area (Å²) in [4.78, 5) is 15.7. The van der Waals surface area contributed by atoms with E-state index in [1.807, 2.05) is 18.9 Å². The molecule has 0 saturated carbocycles. The van der Waals surface area contributed by atoms with Gasteiger partial charge in [-0.05, 0) is 50.6 Å². The van der Waals surface area contributed by atoms with Crippen molar-refractivity contribution in [3.8, 4) is 0 Å². The standard InChI is InChI=1S/C14H22N2OS/c1-14(8-3-4-9-15-14)13(17)16(2)10-7-12-6-5-11-18-12/h5-6,11,15H,3-4,7-10H2,1-2H3. The fourth-order valence-corrected chi connectivity index (χ4v) is 3.19. The van der Waals surface area contributed by atoms with Gasteiger partial charge in [-0.15, -0.1) is 11.3 Å². The topological polar surface area (TPSA) is 32.3 Å². The number of carbonyl (C=O) groups is 1. The molecule has 1 aliphatic rings. The minimum atomic E-state index is -0.345. The van der Waals surface area contributed by atoms with Gasteiger partial charge in [0, 0.05) is 18.5 Å². The number of thiophene rings is 1. The number of hydrogen-bond donors (Lipinski definition) is 1. The summed E-state index contributed by atoms with van der Waals surface area (Å²) < 4.78 is 0. The number of rotatable bonds is 4. The van der Waals surface area contributed by atoms with Crippen LogP contribution in [0.25, 0.3) is 0 Å². The molecule has 0 spiro atoms. The van der Waals surface area contributed by atoms with Crippen molar-refractivity contribution in [3.63, 3.8) is 0 Å². The van der Waals surface area contributed by atoms with E-state index in [0.717, 1.165) is 32.4 Å². The Morgan fingerprint density at radius 3 is 3.00 bits per heavy atom. The smallest absolute Gasteiger partial charge is 0.242 e. The average Bonchev–Trinajstić information content (AvgIpc) is 2.89. The zero-order valence-electron chi connectivity index (χ0n) is 11.2. The van der Waals surface area contributed by atoms with E-state index in [2.05, 4.69) is 22.8 Å². The second kappa shape index (κ2) is 5.85. The monoisotopic (exact) mass is 266 g/mol. The maximum Gasteiger partial charge on any atom is 0.242 e. The molecule has 3 nitrogen and oxygen atoms in total. The van der Waals surface area contributed by atoms with Crippen LogP contribution in [0.15, 0.2) is 17.5 Å². The van der Waals surface area contributed by atoms with Gasteiger partial charge in [-0.3, -0.25) is 4.79 Å². The molecular weight excluding hydrogens is 244 g/mol. The number of carbonyl (C=O) groups excluding carboxylic acids is 1. The van der Waals surface area contributed by atoms with Crippen molar-refractivity contribution >= 4 is 17.2 Å². The summed E-state index contributed by atoms with van der Waals surface area (Å²) in [5.41, 5.74) is -0.345. The summed E-state index contributed by atoms with van der Waals surface area (Å²) in [6.45, 7) is 3.80. The van der Waals surface area contributed by atoms with Crippen LogP contribution in [0.2, 0.25) is 0 Å². The maximum absolute atomic E-state index is 12.4. The second-order valence-corrected chi connectivity index (χ2v) is 6.30. The molecule has 4 heteroatoms. The van der Waals surface area contributed by atoms with Gasteiger partial charge >= 0.3 is 0 Å². The van der Waals surface area contributed by atoms with Gasteiger partial charge in [0.2, 0.25) is 5.91 Å². The number of amides is 1. The van der Waals surface area contributed by atoms with Crippen LogP contribution in [0.3, 0.4) is 0 Å². The first kappa shape index (κ1) is 13.6. The molecule has 1 fully saturated rings. The molecule has 1 saturated heterocycles. The van der Waals surface area contributed by atoms with E-state index in [9.17, 15) is 4.79 Å². The van der Waals surface area contributed by atoms with Crippen LogP contribution in [0.1, 0.15) is 31.1 Å². The third-order valence-electron chi connectivity index (χ3n) is 3.71. The summed E-state index contributed by atoms with van der Waals surface area (Å²) in [5, 5.41) is 5.47. The molecular formula is C14H22N2OS. The Balaban J connectivity index is 1.87. The van der Waals surface area contributed by atoms with Crippen LogP contribution in [0.5, 0.6) is 0 Å². The SMILES string of the molecule is CN(CCc1cccs1)C(=O)C1(C)CCCCN1. The van der Waals surface area contributed by atoms with Crippen molar-refractivity contribution in [2.45, 2.75) is 38.1 Å². The molecule has 18 heavy (non-hydrogen) atoms. The van der Waals surface area contributed by atoms with Crippen LogP contribution < -0.4 is 5.32 Å². The number of nitrogens with zero attached hydrogens (tertiary/aromatic N) is 1. The fourth-order valence-electron chi connectivity index (χ4n) is 2.49. The van der Waals surface area contributed by atoms with Gasteiger partial charge in [0.25, 0.3) is 0 Å². The Hall–Kier alpha value is -0.870. The third kappa shape index (κ3) is 3.12. The molecule has 0 aliphatic carbocycles. The Bertz CT molecular complexity index is 383. The van der Waals surface area contributed by atoms with Crippen molar-refractivity contribution in [1.82, 2.24) is 10.2 Å². The molecule has 1 aromatic heterocycles. The lowest BCUT2D eigenvalue weighted by atomic mass is 9.89. The van der Waals surface area contributed by atoms with Crippen LogP contribution >= 0.6 is 11.3 Å². The first-order valence-corrected chi connectivity index (χ1v) is 7.53. The first-order chi connectivity index (χ1) is 8.62. The molecule has 0 radical (unpaired) electrons. The largest absolute Gasteiger partial charge is 0.344 e. The van der Waals surface area contributed by atoms with E-state index in [-0.39, 0.29) is 11.4 Å². The Labute approximate surface area is 113 Å². The van der Waals surface area contributed by atoms with E-state index in [1.165, 1.54) is 11.3 Å². The molecule has 1 aromatic rings. The summed E-state index contributed by atoms with van der Waals surface area (Å²) in [7, 11) is 1.91. The van der Waals surface area contributed by atoms with E-state index in [1.54, 1.807) is 11.3 Å². The molecule has 100 valence electrons. The Morgan fingerprint density at radius 1 is 1.56 bits per heavy atom. The number of hydrogen-bond acceptors (Lipinski definition) is 3. The molecule has 2 rings (SSSR count). The first-order valence-electron chi connectivity index (χ1n) is 6.65. The molecule has 2 heterocycles. The Morgan fingerprint density at radius 2 is 2.39 bits per heavy atom. The highest BCUT2D eigenvalue weighted by Crippen LogP contribution is 2.21. The van der Waals surface area contributed by atoms with Crippen LogP contribution in [-0.4, -0.2) is 36.5 Å². The third-order valence-corrected chi connectivity index (χ3v) is 4.65. The maximum atomic E-state index is 12.4. The predicted molar refractivity (Wildman–Crippen MR) is 75.9 cm³/mol. The van der Waals surface area contributed by atoms with E-state index < -0.39 is 0 Å². The fraction of sp³-hybridized carbons (Fsp3) is 0.643. The van der Waals surface area contributed by atoms with Crippen molar-refractivity contribution in [2.24, 2.45) is 0 Å². The highest BCUT2D eigenvalue weighted by Gasteiger charge is 2.36. The van der Waals surface area contributed by atoms with Gasteiger partial charge in [-0.2, -0.15) is 0 Å². The summed E-state index contributed by atoms with van der Waals surface area (Å²) in [6, 6.07) is 4.19. The van der Waals surface area contributed by atoms with Crippen LogP contribution in [0.4, 0.5) is 0 Å². The molecule has 1 N–H and O–H groups in total. The summed E-state index contributed by atoms with van der Waals surface area (Å²) >= 11 is 1.76. The summed E-state index contributed by atoms with van der Waals surface area (Å²) in [5.74, 6) is 0.235. The van der Waals surface area contributed by atoms with Crippen molar-refractivity contribution < 1.29 is 4.79 Å². The van der Waals surface area contributed by atoms with Crippen molar-refractivity contribution in [2.75, 3.05) is 20.1 Å². The van der Waals surface area contributed by atoms with Gasteiger partial charge in [0.1, 0.15) is 0 Å². The van der Waals surface area contributed by atoms with E-state index in [0.29, 0.717) is 0 Å². The van der Waals surface area contributed by atoms with E-state index in [4.69, 9.17) is 0 Å². The van der Waals surface area contributed by atoms with Crippen molar-refractivity contribution in [3.05, 3.63) is 22.4 Å². The van der Waals surface area contributed by atoms with Gasteiger partial charge in [-0.25, -0.2) is 0 Å².